The Kier molecular flexibility index (Phi) is 13.0. The van der Waals surface area contributed by atoms with E-state index >= 15 is 0 Å². The van der Waals surface area contributed by atoms with Gasteiger partial charge in [-0.3, -0.25) is 0 Å². The van der Waals surface area contributed by atoms with Crippen LogP contribution in [0.25, 0.3) is 0 Å². The predicted molar refractivity (Wildman–Crippen MR) is 63.2 cm³/mol. The summed E-state index contributed by atoms with van der Waals surface area (Å²) in [6.07, 6.45) is 12.5. The van der Waals surface area contributed by atoms with E-state index in [1.807, 2.05) is 0 Å². The number of hydrogen-bond acceptors (Lipinski definition) is 2. The van der Waals surface area contributed by atoms with Crippen molar-refractivity contribution in [3.8, 4) is 0 Å². The second-order valence-electron chi connectivity index (χ2n) is 3.97. The molecule has 0 unspecified atom stereocenters. The summed E-state index contributed by atoms with van der Waals surface area (Å²) in [7, 11) is 0. The van der Waals surface area contributed by atoms with E-state index in [2.05, 4.69) is 11.7 Å². The minimum Gasteiger partial charge on any atom is -0.457 e. The molecule has 2 nitrogen and oxygen atoms in total. The van der Waals surface area contributed by atoms with E-state index in [0.717, 1.165) is 12.8 Å². The molecule has 0 N–H and O–H groups in total. The van der Waals surface area contributed by atoms with E-state index in [9.17, 15) is 4.79 Å². The molecule has 0 bridgehead atoms. The monoisotopic (exact) mass is 212 g/mol. The highest BCUT2D eigenvalue weighted by Gasteiger charge is 1.92. The molecule has 0 aromatic rings. The fourth-order valence-electron chi connectivity index (χ4n) is 1.63. The van der Waals surface area contributed by atoms with E-state index in [4.69, 9.17) is 0 Å². The topological polar surface area (TPSA) is 26.3 Å². The summed E-state index contributed by atoms with van der Waals surface area (Å²) < 4.78 is 4.49. The third kappa shape index (κ3) is 13.5. The third-order valence-electron chi connectivity index (χ3n) is 2.56. The largest absolute Gasteiger partial charge is 0.457 e. The van der Waals surface area contributed by atoms with E-state index in [0.29, 0.717) is 6.61 Å². The van der Waals surface area contributed by atoms with Crippen LogP contribution in [0.5, 0.6) is 0 Å². The van der Waals surface area contributed by atoms with Crippen LogP contribution in [-0.4, -0.2) is 13.1 Å². The maximum atomic E-state index is 9.71. The van der Waals surface area contributed by atoms with Gasteiger partial charge in [0.15, 0.2) is 0 Å². The molecule has 0 aliphatic rings. The van der Waals surface area contributed by atoms with Gasteiger partial charge < -0.3 is 4.74 Å². The molecule has 0 aromatic heterocycles. The molecule has 0 spiro atoms. The molecule has 88 valence electrons. The molecule has 0 aliphatic carbocycles. The van der Waals surface area contributed by atoms with Crippen molar-refractivity contribution in [2.24, 2.45) is 0 Å². The summed E-state index contributed by atoms with van der Waals surface area (Å²) in [4.78, 5) is 9.71. The Morgan fingerprint density at radius 2 is 1.27 bits per heavy atom. The first-order valence-electron chi connectivity index (χ1n) is 6.20. The lowest BCUT2D eigenvalue weighted by molar-refractivity contribution is 0.268. The molecule has 0 fully saturated rings. The Morgan fingerprint density at radius 1 is 0.800 bits per heavy atom. The molecule has 2 radical (unpaired) electrons. The van der Waals surface area contributed by atoms with Crippen molar-refractivity contribution < 1.29 is 9.53 Å². The summed E-state index contributed by atoms with van der Waals surface area (Å²) in [6, 6.07) is 0. The molecular weight excluding hydrogens is 188 g/mol. The maximum Gasteiger partial charge on any atom is 0.417 e. The van der Waals surface area contributed by atoms with Crippen LogP contribution in [0.15, 0.2) is 0 Å². The summed E-state index contributed by atoms with van der Waals surface area (Å²) in [5.41, 5.74) is 0. The summed E-state index contributed by atoms with van der Waals surface area (Å²) in [6.45, 7) is 5.81. The number of ether oxygens (including phenoxy) is 1. The fourth-order valence-corrected chi connectivity index (χ4v) is 1.63. The van der Waals surface area contributed by atoms with Crippen LogP contribution in [0.4, 0.5) is 0 Å². The fraction of sp³-hybridized carbons (Fsp3) is 0.846. The number of unbranched alkanes of at least 4 members (excludes halogenated alkanes) is 9. The summed E-state index contributed by atoms with van der Waals surface area (Å²) >= 11 is 0. The molecule has 0 aromatic carbocycles. The zero-order chi connectivity index (χ0) is 11.2. The van der Waals surface area contributed by atoms with E-state index in [1.54, 1.807) is 0 Å². The van der Waals surface area contributed by atoms with Crippen LogP contribution in [0.2, 0.25) is 0 Å². The quantitative estimate of drug-likeness (QED) is 0.460. The molecule has 0 rings (SSSR count). The second kappa shape index (κ2) is 13.5. The van der Waals surface area contributed by atoms with Crippen molar-refractivity contribution in [1.29, 1.82) is 0 Å². The van der Waals surface area contributed by atoms with Crippen LogP contribution in [-0.2, 0) is 9.53 Å². The van der Waals surface area contributed by atoms with Gasteiger partial charge >= 0.3 is 6.47 Å². The van der Waals surface area contributed by atoms with Crippen LogP contribution in [0.3, 0.4) is 0 Å². The average Bonchev–Trinajstić information content (AvgIpc) is 2.26. The van der Waals surface area contributed by atoms with Crippen molar-refractivity contribution in [2.45, 2.75) is 64.2 Å². The van der Waals surface area contributed by atoms with Gasteiger partial charge in [-0.15, -0.1) is 0 Å². The molecule has 15 heavy (non-hydrogen) atoms. The van der Waals surface area contributed by atoms with E-state index < -0.39 is 0 Å². The molecule has 0 saturated carbocycles. The van der Waals surface area contributed by atoms with Gasteiger partial charge in [-0.1, -0.05) is 64.7 Å². The molecule has 0 atom stereocenters. The van der Waals surface area contributed by atoms with Gasteiger partial charge in [-0.05, 0) is 6.42 Å². The van der Waals surface area contributed by atoms with Crippen molar-refractivity contribution >= 4 is 6.47 Å². The first kappa shape index (κ1) is 14.5. The zero-order valence-electron chi connectivity index (χ0n) is 9.80. The molecule has 2 heteroatoms. The van der Waals surface area contributed by atoms with Crippen LogP contribution in [0.1, 0.15) is 64.2 Å². The smallest absolute Gasteiger partial charge is 0.417 e. The summed E-state index contributed by atoms with van der Waals surface area (Å²) in [5, 5.41) is 0. The van der Waals surface area contributed by atoms with Crippen molar-refractivity contribution in [1.82, 2.24) is 0 Å². The van der Waals surface area contributed by atoms with Crippen molar-refractivity contribution in [2.75, 3.05) is 6.61 Å². The lowest BCUT2D eigenvalue weighted by Crippen LogP contribution is -1.91. The van der Waals surface area contributed by atoms with Gasteiger partial charge in [0.1, 0.15) is 0 Å². The highest BCUT2D eigenvalue weighted by atomic mass is 16.5. The normalized spacial score (nSPS) is 10.2. The Bertz CT molecular complexity index is 124. The van der Waals surface area contributed by atoms with Crippen LogP contribution >= 0.6 is 0 Å². The number of hydrogen-bond donors (Lipinski definition) is 0. The van der Waals surface area contributed by atoms with Gasteiger partial charge in [0.25, 0.3) is 0 Å². The van der Waals surface area contributed by atoms with E-state index in [-0.39, 0.29) is 0 Å². The van der Waals surface area contributed by atoms with E-state index in [1.165, 1.54) is 57.8 Å². The van der Waals surface area contributed by atoms with Crippen LogP contribution in [0, 0.1) is 6.92 Å². The third-order valence-corrected chi connectivity index (χ3v) is 2.56. The first-order chi connectivity index (χ1) is 7.41. The minimum atomic E-state index is 0.535. The molecular formula is C13H24O2. The van der Waals surface area contributed by atoms with Gasteiger partial charge in [0.05, 0.1) is 6.61 Å². The Balaban J connectivity index is 2.83. The molecule has 0 aliphatic heterocycles. The predicted octanol–water partition coefficient (Wildman–Crippen LogP) is 3.81. The van der Waals surface area contributed by atoms with Gasteiger partial charge in [0.2, 0.25) is 0 Å². The SMILES string of the molecule is [CH2]CCCCCCCCCCCO[C]=O. The highest BCUT2D eigenvalue weighted by Crippen LogP contribution is 2.10. The number of rotatable bonds is 12. The van der Waals surface area contributed by atoms with Gasteiger partial charge in [-0.2, -0.15) is 0 Å². The first-order valence-corrected chi connectivity index (χ1v) is 6.20. The Morgan fingerprint density at radius 3 is 1.73 bits per heavy atom. The van der Waals surface area contributed by atoms with Crippen molar-refractivity contribution in [3.63, 3.8) is 0 Å². The standard InChI is InChI=1S/C13H24O2/c1-2-3-4-5-6-7-8-9-10-11-12-15-13-14/h1-12H2. The highest BCUT2D eigenvalue weighted by molar-refractivity contribution is 5.37. The second-order valence-corrected chi connectivity index (χ2v) is 3.97. The van der Waals surface area contributed by atoms with Crippen LogP contribution < -0.4 is 0 Å². The Hall–Kier alpha value is -0.530. The average molecular weight is 212 g/mol. The molecule has 0 amide bonds. The zero-order valence-corrected chi connectivity index (χ0v) is 9.80. The van der Waals surface area contributed by atoms with Gasteiger partial charge in [0, 0.05) is 0 Å². The molecule has 0 saturated heterocycles. The number of carbonyl (C=O) groups excluding carboxylic acids is 1. The summed E-state index contributed by atoms with van der Waals surface area (Å²) in [5.74, 6) is 0. The lowest BCUT2D eigenvalue weighted by Gasteiger charge is -2.01. The van der Waals surface area contributed by atoms with Gasteiger partial charge in [-0.25, -0.2) is 4.79 Å². The minimum absolute atomic E-state index is 0.535. The molecule has 0 heterocycles. The maximum absolute atomic E-state index is 9.71. The lowest BCUT2D eigenvalue weighted by atomic mass is 10.1. The van der Waals surface area contributed by atoms with Crippen molar-refractivity contribution in [3.05, 3.63) is 6.92 Å². The Labute approximate surface area is 94.4 Å².